The molecular weight excluding hydrogens is 366 g/mol. The molecule has 0 bridgehead atoms. The molecule has 2 fully saturated rings. The molecule has 1 unspecified atom stereocenters. The Morgan fingerprint density at radius 1 is 1.00 bits per heavy atom. The van der Waals surface area contributed by atoms with Gasteiger partial charge in [0, 0.05) is 12.0 Å². The van der Waals surface area contributed by atoms with E-state index in [-0.39, 0.29) is 29.4 Å². The number of carbonyl (C=O) groups is 2. The lowest BCUT2D eigenvalue weighted by molar-refractivity contribution is -0.143. The van der Waals surface area contributed by atoms with Crippen LogP contribution in [-0.2, 0) is 9.53 Å². The summed E-state index contributed by atoms with van der Waals surface area (Å²) in [6.45, 7) is 0.320. The maximum atomic E-state index is 12.4. The van der Waals surface area contributed by atoms with Crippen molar-refractivity contribution < 1.29 is 19.4 Å². The number of ether oxygens (including phenoxy) is 1. The molecule has 2 saturated carbocycles. The molecule has 0 radical (unpaired) electrons. The van der Waals surface area contributed by atoms with E-state index in [1.165, 1.54) is 22.3 Å². The van der Waals surface area contributed by atoms with Crippen LogP contribution in [0.4, 0.5) is 4.79 Å². The molecule has 2 aromatic carbocycles. The third-order valence-corrected chi connectivity index (χ3v) is 7.16. The van der Waals surface area contributed by atoms with E-state index in [9.17, 15) is 9.59 Å². The summed E-state index contributed by atoms with van der Waals surface area (Å²) in [5, 5.41) is 12.2. The van der Waals surface area contributed by atoms with Crippen molar-refractivity contribution in [1.82, 2.24) is 5.32 Å². The number of hydrogen-bond acceptors (Lipinski definition) is 3. The fraction of sp³-hybridized carbons (Fsp3) is 0.417. The normalized spacial score (nSPS) is 27.2. The number of benzene rings is 2. The third-order valence-electron chi connectivity index (χ3n) is 7.16. The average Bonchev–Trinajstić information content (AvgIpc) is 3.27. The molecule has 5 heteroatoms. The summed E-state index contributed by atoms with van der Waals surface area (Å²) in [6, 6.07) is 16.7. The molecule has 5 rings (SSSR count). The molecule has 3 aliphatic carbocycles. The van der Waals surface area contributed by atoms with Crippen LogP contribution in [0.3, 0.4) is 0 Å². The smallest absolute Gasteiger partial charge is 0.407 e. The minimum Gasteiger partial charge on any atom is -0.481 e. The van der Waals surface area contributed by atoms with E-state index >= 15 is 0 Å². The molecule has 5 nitrogen and oxygen atoms in total. The van der Waals surface area contributed by atoms with E-state index in [0.29, 0.717) is 19.4 Å². The van der Waals surface area contributed by atoms with Crippen molar-refractivity contribution in [2.45, 2.75) is 44.1 Å². The fourth-order valence-electron chi connectivity index (χ4n) is 5.33. The van der Waals surface area contributed by atoms with E-state index in [0.717, 1.165) is 19.3 Å². The zero-order chi connectivity index (χ0) is 20.0. The molecule has 3 aliphatic rings. The number of rotatable bonds is 4. The largest absolute Gasteiger partial charge is 0.481 e. The van der Waals surface area contributed by atoms with E-state index in [1.807, 2.05) is 24.3 Å². The number of fused-ring (bicyclic) bond motifs is 3. The SMILES string of the molecule is O=C(NC1CC12CCC(C(=O)O)CC2)OCC1c2ccccc2-c2ccccc21. The summed E-state index contributed by atoms with van der Waals surface area (Å²) in [4.78, 5) is 23.6. The molecule has 2 aromatic rings. The molecule has 0 aromatic heterocycles. The standard InChI is InChI=1S/C24H25NO4/c26-22(27)15-9-11-24(12-10-15)13-21(24)25-23(28)29-14-20-18-7-3-1-5-16(18)17-6-2-4-8-19(17)20/h1-8,15,20-21H,9-14H2,(H,25,28)(H,26,27). The summed E-state index contributed by atoms with van der Waals surface area (Å²) in [7, 11) is 0. The van der Waals surface area contributed by atoms with Crippen LogP contribution in [0.25, 0.3) is 11.1 Å². The van der Waals surface area contributed by atoms with Gasteiger partial charge in [-0.3, -0.25) is 4.79 Å². The number of alkyl carbamates (subject to hydrolysis) is 1. The molecule has 2 N–H and O–H groups in total. The lowest BCUT2D eigenvalue weighted by Crippen LogP contribution is -2.33. The van der Waals surface area contributed by atoms with Gasteiger partial charge in [-0.2, -0.15) is 0 Å². The minimum absolute atomic E-state index is 0.0623. The number of hydrogen-bond donors (Lipinski definition) is 2. The molecule has 1 spiro atoms. The van der Waals surface area contributed by atoms with Gasteiger partial charge in [-0.05, 0) is 59.8 Å². The zero-order valence-electron chi connectivity index (χ0n) is 16.3. The Kier molecular flexibility index (Phi) is 4.34. The first-order valence-electron chi connectivity index (χ1n) is 10.4. The van der Waals surface area contributed by atoms with E-state index in [1.54, 1.807) is 0 Å². The first-order chi connectivity index (χ1) is 14.1. The van der Waals surface area contributed by atoms with Gasteiger partial charge in [0.15, 0.2) is 0 Å². The summed E-state index contributed by atoms with van der Waals surface area (Å²) in [5.74, 6) is -0.856. The third kappa shape index (κ3) is 3.18. The first-order valence-corrected chi connectivity index (χ1v) is 10.4. The van der Waals surface area contributed by atoms with Gasteiger partial charge in [-0.1, -0.05) is 48.5 Å². The van der Waals surface area contributed by atoms with Crippen molar-refractivity contribution >= 4 is 12.1 Å². The maximum absolute atomic E-state index is 12.4. The van der Waals surface area contributed by atoms with Crippen molar-refractivity contribution in [3.8, 4) is 11.1 Å². The number of carboxylic acid groups (broad SMARTS) is 1. The lowest BCUT2D eigenvalue weighted by atomic mass is 9.79. The minimum atomic E-state index is -0.693. The summed E-state index contributed by atoms with van der Waals surface area (Å²) in [6.07, 6.45) is 3.73. The van der Waals surface area contributed by atoms with Gasteiger partial charge in [-0.25, -0.2) is 4.79 Å². The highest BCUT2D eigenvalue weighted by atomic mass is 16.5. The van der Waals surface area contributed by atoms with E-state index < -0.39 is 5.97 Å². The Labute approximate surface area is 170 Å². The van der Waals surface area contributed by atoms with Crippen LogP contribution in [0, 0.1) is 11.3 Å². The monoisotopic (exact) mass is 391 g/mol. The van der Waals surface area contributed by atoms with Crippen LogP contribution >= 0.6 is 0 Å². The van der Waals surface area contributed by atoms with E-state index in [2.05, 4.69) is 29.6 Å². The van der Waals surface area contributed by atoms with Crippen molar-refractivity contribution in [3.63, 3.8) is 0 Å². The Hall–Kier alpha value is -2.82. The van der Waals surface area contributed by atoms with Crippen molar-refractivity contribution in [1.29, 1.82) is 0 Å². The second-order valence-corrected chi connectivity index (χ2v) is 8.70. The summed E-state index contributed by atoms with van der Waals surface area (Å²) >= 11 is 0. The highest BCUT2D eigenvalue weighted by Gasteiger charge is 2.56. The Balaban J connectivity index is 1.19. The van der Waals surface area contributed by atoms with Gasteiger partial charge in [0.1, 0.15) is 6.61 Å². The van der Waals surface area contributed by atoms with Crippen molar-refractivity contribution in [3.05, 3.63) is 59.7 Å². The van der Waals surface area contributed by atoms with Crippen LogP contribution in [0.15, 0.2) is 48.5 Å². The van der Waals surface area contributed by atoms with Crippen LogP contribution in [0.2, 0.25) is 0 Å². The van der Waals surface area contributed by atoms with Gasteiger partial charge in [0.25, 0.3) is 0 Å². The molecule has 29 heavy (non-hydrogen) atoms. The topological polar surface area (TPSA) is 75.6 Å². The molecule has 150 valence electrons. The Bertz CT molecular complexity index is 915. The van der Waals surface area contributed by atoms with Gasteiger partial charge in [-0.15, -0.1) is 0 Å². The number of amides is 1. The zero-order valence-corrected chi connectivity index (χ0v) is 16.3. The maximum Gasteiger partial charge on any atom is 0.407 e. The lowest BCUT2D eigenvalue weighted by Gasteiger charge is -2.27. The second-order valence-electron chi connectivity index (χ2n) is 8.70. The Morgan fingerprint density at radius 3 is 2.17 bits per heavy atom. The van der Waals surface area contributed by atoms with Crippen LogP contribution < -0.4 is 5.32 Å². The highest BCUT2D eigenvalue weighted by Crippen LogP contribution is 2.57. The number of aliphatic carboxylic acids is 1. The van der Waals surface area contributed by atoms with Crippen molar-refractivity contribution in [2.24, 2.45) is 11.3 Å². The molecule has 0 aliphatic heterocycles. The molecular formula is C24H25NO4. The van der Waals surface area contributed by atoms with Gasteiger partial charge < -0.3 is 15.2 Å². The van der Waals surface area contributed by atoms with Gasteiger partial charge in [0.2, 0.25) is 0 Å². The molecule has 1 amide bonds. The summed E-state index contributed by atoms with van der Waals surface area (Å²) in [5.41, 5.74) is 4.94. The van der Waals surface area contributed by atoms with Crippen LogP contribution in [0.1, 0.15) is 49.1 Å². The number of nitrogens with one attached hydrogen (secondary N) is 1. The summed E-state index contributed by atoms with van der Waals surface area (Å²) < 4.78 is 5.64. The van der Waals surface area contributed by atoms with Crippen LogP contribution in [-0.4, -0.2) is 29.8 Å². The Morgan fingerprint density at radius 2 is 1.59 bits per heavy atom. The predicted molar refractivity (Wildman–Crippen MR) is 109 cm³/mol. The molecule has 0 saturated heterocycles. The quantitative estimate of drug-likeness (QED) is 0.801. The van der Waals surface area contributed by atoms with Gasteiger partial charge in [0.05, 0.1) is 5.92 Å². The predicted octanol–water partition coefficient (Wildman–Crippen LogP) is 4.56. The molecule has 1 atom stereocenters. The molecule has 0 heterocycles. The second kappa shape index (κ2) is 6.90. The number of carbonyl (C=O) groups excluding carboxylic acids is 1. The van der Waals surface area contributed by atoms with Crippen molar-refractivity contribution in [2.75, 3.05) is 6.61 Å². The highest BCUT2D eigenvalue weighted by molar-refractivity contribution is 5.79. The van der Waals surface area contributed by atoms with Gasteiger partial charge >= 0.3 is 12.1 Å². The fourth-order valence-corrected chi connectivity index (χ4v) is 5.33. The first kappa shape index (κ1) is 18.2. The average molecular weight is 391 g/mol. The number of carboxylic acids is 1. The van der Waals surface area contributed by atoms with E-state index in [4.69, 9.17) is 9.84 Å². The van der Waals surface area contributed by atoms with Crippen LogP contribution in [0.5, 0.6) is 0 Å².